The van der Waals surface area contributed by atoms with Crippen molar-refractivity contribution in [1.29, 1.82) is 0 Å². The van der Waals surface area contributed by atoms with Crippen molar-refractivity contribution in [2.75, 3.05) is 0 Å². The maximum Gasteiger partial charge on any atom is 0.416 e. The van der Waals surface area contributed by atoms with Crippen LogP contribution in [0.25, 0.3) is 0 Å². The molecule has 0 spiro atoms. The van der Waals surface area contributed by atoms with Crippen LogP contribution in [0.1, 0.15) is 44.4 Å². The molecule has 1 heterocycles. The molecule has 23 heavy (non-hydrogen) atoms. The third-order valence-electron chi connectivity index (χ3n) is 3.74. The van der Waals surface area contributed by atoms with Crippen molar-refractivity contribution >= 4 is 5.97 Å². The summed E-state index contributed by atoms with van der Waals surface area (Å²) in [4.78, 5) is 11.9. The average Bonchev–Trinajstić information content (AvgIpc) is 2.77. The molecule has 1 aromatic carbocycles. The fourth-order valence-electron chi connectivity index (χ4n) is 2.39. The zero-order chi connectivity index (χ0) is 17.4. The number of nitrogens with two attached hydrogens (primary N) is 1. The average molecular weight is 330 g/mol. The highest BCUT2D eigenvalue weighted by molar-refractivity contribution is 5.75. The van der Waals surface area contributed by atoms with Crippen molar-refractivity contribution in [2.24, 2.45) is 11.1 Å². The van der Waals surface area contributed by atoms with Gasteiger partial charge in [0.2, 0.25) is 0 Å². The Morgan fingerprint density at radius 2 is 1.78 bits per heavy atom. The second-order valence-electron chi connectivity index (χ2n) is 6.81. The number of carbonyl (C=O) groups excluding carboxylic acids is 1. The van der Waals surface area contributed by atoms with Crippen LogP contribution < -0.4 is 11.1 Å². The van der Waals surface area contributed by atoms with E-state index in [4.69, 9.17) is 10.5 Å². The molecule has 1 fully saturated rings. The molecule has 0 amide bonds. The SMILES string of the molecule is CC(C)(C)C(=O)OC1CC(N)C(c2ccc(C(F)(F)F)cc2)N1. The van der Waals surface area contributed by atoms with Crippen LogP contribution >= 0.6 is 0 Å². The number of hydrogen-bond acceptors (Lipinski definition) is 4. The Bertz CT molecular complexity index is 564. The largest absolute Gasteiger partial charge is 0.446 e. The quantitative estimate of drug-likeness (QED) is 0.818. The maximum absolute atomic E-state index is 12.6. The molecule has 128 valence electrons. The summed E-state index contributed by atoms with van der Waals surface area (Å²) in [7, 11) is 0. The van der Waals surface area contributed by atoms with E-state index in [-0.39, 0.29) is 18.1 Å². The Kier molecular flexibility index (Phi) is 4.73. The second kappa shape index (κ2) is 6.13. The van der Waals surface area contributed by atoms with E-state index in [1.165, 1.54) is 12.1 Å². The maximum atomic E-state index is 12.6. The minimum absolute atomic E-state index is 0.343. The van der Waals surface area contributed by atoms with Gasteiger partial charge in [-0.05, 0) is 38.5 Å². The van der Waals surface area contributed by atoms with Crippen LogP contribution in [0.4, 0.5) is 13.2 Å². The van der Waals surface area contributed by atoms with Crippen molar-refractivity contribution in [3.05, 3.63) is 35.4 Å². The molecule has 1 aliphatic heterocycles. The minimum Gasteiger partial charge on any atom is -0.446 e. The molecule has 7 heteroatoms. The lowest BCUT2D eigenvalue weighted by Gasteiger charge is -2.21. The summed E-state index contributed by atoms with van der Waals surface area (Å²) in [5, 5.41) is 3.07. The van der Waals surface area contributed by atoms with Crippen molar-refractivity contribution in [3.8, 4) is 0 Å². The van der Waals surface area contributed by atoms with E-state index in [0.717, 1.165) is 12.1 Å². The van der Waals surface area contributed by atoms with Crippen LogP contribution in [0.5, 0.6) is 0 Å². The molecule has 3 unspecified atom stereocenters. The predicted octanol–water partition coefficient (Wildman–Crippen LogP) is 2.98. The van der Waals surface area contributed by atoms with E-state index < -0.39 is 23.4 Å². The number of benzene rings is 1. The van der Waals surface area contributed by atoms with Gasteiger partial charge in [-0.25, -0.2) is 0 Å². The smallest absolute Gasteiger partial charge is 0.416 e. The third kappa shape index (κ3) is 4.23. The van der Waals surface area contributed by atoms with Gasteiger partial charge in [0, 0.05) is 12.5 Å². The van der Waals surface area contributed by atoms with Gasteiger partial charge in [0.05, 0.1) is 17.0 Å². The lowest BCUT2D eigenvalue weighted by Crippen LogP contribution is -2.34. The number of halogens is 3. The molecule has 0 radical (unpaired) electrons. The molecular formula is C16H21F3N2O2. The number of alkyl halides is 3. The van der Waals surface area contributed by atoms with Gasteiger partial charge in [-0.1, -0.05) is 12.1 Å². The summed E-state index contributed by atoms with van der Waals surface area (Å²) in [5.41, 5.74) is 5.34. The molecule has 2 rings (SSSR count). The fourth-order valence-corrected chi connectivity index (χ4v) is 2.39. The zero-order valence-corrected chi connectivity index (χ0v) is 13.3. The zero-order valence-electron chi connectivity index (χ0n) is 13.3. The van der Waals surface area contributed by atoms with Gasteiger partial charge in [0.15, 0.2) is 6.23 Å². The van der Waals surface area contributed by atoms with Crippen LogP contribution in [0.3, 0.4) is 0 Å². The Morgan fingerprint density at radius 3 is 2.26 bits per heavy atom. The lowest BCUT2D eigenvalue weighted by molar-refractivity contribution is -0.159. The van der Waals surface area contributed by atoms with Gasteiger partial charge in [-0.3, -0.25) is 10.1 Å². The van der Waals surface area contributed by atoms with Crippen molar-refractivity contribution in [3.63, 3.8) is 0 Å². The Hall–Kier alpha value is -1.60. The molecule has 1 aliphatic rings. The molecule has 4 nitrogen and oxygen atoms in total. The summed E-state index contributed by atoms with van der Waals surface area (Å²) in [6.45, 7) is 5.24. The van der Waals surface area contributed by atoms with Crippen molar-refractivity contribution in [2.45, 2.75) is 51.7 Å². The lowest BCUT2D eigenvalue weighted by atomic mass is 9.97. The molecule has 1 aromatic rings. The monoisotopic (exact) mass is 330 g/mol. The van der Waals surface area contributed by atoms with Gasteiger partial charge in [-0.15, -0.1) is 0 Å². The highest BCUT2D eigenvalue weighted by atomic mass is 19.4. The van der Waals surface area contributed by atoms with E-state index in [1.807, 2.05) is 0 Å². The molecular weight excluding hydrogens is 309 g/mol. The summed E-state index contributed by atoms with van der Waals surface area (Å²) >= 11 is 0. The van der Waals surface area contributed by atoms with Gasteiger partial charge >= 0.3 is 12.1 Å². The number of hydrogen-bond donors (Lipinski definition) is 2. The summed E-state index contributed by atoms with van der Waals surface area (Å²) in [6, 6.07) is 4.15. The summed E-state index contributed by atoms with van der Waals surface area (Å²) in [6.07, 6.45) is -4.49. The van der Waals surface area contributed by atoms with Gasteiger partial charge in [0.1, 0.15) is 0 Å². The Morgan fingerprint density at radius 1 is 1.22 bits per heavy atom. The first kappa shape index (κ1) is 17.7. The Labute approximate surface area is 133 Å². The fraction of sp³-hybridized carbons (Fsp3) is 0.562. The normalized spacial score (nSPS) is 25.4. The van der Waals surface area contributed by atoms with Crippen LogP contribution in [-0.2, 0) is 15.7 Å². The van der Waals surface area contributed by atoms with Crippen molar-refractivity contribution in [1.82, 2.24) is 5.32 Å². The van der Waals surface area contributed by atoms with Crippen LogP contribution in [0.15, 0.2) is 24.3 Å². The first-order chi connectivity index (χ1) is 10.5. The van der Waals surface area contributed by atoms with E-state index >= 15 is 0 Å². The first-order valence-corrected chi connectivity index (χ1v) is 7.38. The molecule has 0 aromatic heterocycles. The summed E-state index contributed by atoms with van der Waals surface area (Å²) in [5.74, 6) is -0.352. The van der Waals surface area contributed by atoms with Crippen molar-refractivity contribution < 1.29 is 22.7 Å². The molecule has 3 atom stereocenters. The molecule has 0 saturated carbocycles. The summed E-state index contributed by atoms with van der Waals surface area (Å²) < 4.78 is 43.1. The molecule has 1 saturated heterocycles. The number of nitrogens with one attached hydrogen (secondary N) is 1. The highest BCUT2D eigenvalue weighted by Gasteiger charge is 2.37. The molecule has 0 bridgehead atoms. The minimum atomic E-state index is -4.37. The van der Waals surface area contributed by atoms with Gasteiger partial charge < -0.3 is 10.5 Å². The number of rotatable bonds is 2. The second-order valence-corrected chi connectivity index (χ2v) is 6.81. The molecule has 3 N–H and O–H groups in total. The van der Waals surface area contributed by atoms with Crippen LogP contribution in [0, 0.1) is 5.41 Å². The van der Waals surface area contributed by atoms with E-state index in [0.29, 0.717) is 12.0 Å². The topological polar surface area (TPSA) is 64.3 Å². The van der Waals surface area contributed by atoms with Gasteiger partial charge in [0.25, 0.3) is 0 Å². The van der Waals surface area contributed by atoms with Gasteiger partial charge in [-0.2, -0.15) is 13.2 Å². The highest BCUT2D eigenvalue weighted by Crippen LogP contribution is 2.32. The van der Waals surface area contributed by atoms with Crippen LogP contribution in [-0.4, -0.2) is 18.2 Å². The van der Waals surface area contributed by atoms with E-state index in [9.17, 15) is 18.0 Å². The molecule has 0 aliphatic carbocycles. The Balaban J connectivity index is 2.06. The number of ether oxygens (including phenoxy) is 1. The number of esters is 1. The van der Waals surface area contributed by atoms with E-state index in [2.05, 4.69) is 5.32 Å². The standard InChI is InChI=1S/C16H21F3N2O2/c1-15(2,3)14(22)23-12-8-11(20)13(21-12)9-4-6-10(7-5-9)16(17,18)19/h4-7,11-13,21H,8,20H2,1-3H3. The third-order valence-corrected chi connectivity index (χ3v) is 3.74. The number of carbonyl (C=O) groups is 1. The predicted molar refractivity (Wildman–Crippen MR) is 79.2 cm³/mol. The van der Waals surface area contributed by atoms with E-state index in [1.54, 1.807) is 20.8 Å². The van der Waals surface area contributed by atoms with Crippen LogP contribution in [0.2, 0.25) is 0 Å². The first-order valence-electron chi connectivity index (χ1n) is 7.38.